The second-order valence-corrected chi connectivity index (χ2v) is 7.70. The lowest BCUT2D eigenvalue weighted by atomic mass is 10.1. The Hall–Kier alpha value is -4.02. The quantitative estimate of drug-likeness (QED) is 0.567. The third kappa shape index (κ3) is 4.61. The summed E-state index contributed by atoms with van der Waals surface area (Å²) in [6.07, 6.45) is 2.21. The van der Waals surface area contributed by atoms with Crippen molar-refractivity contribution in [2.75, 3.05) is 18.4 Å². The number of imidazole rings is 1. The van der Waals surface area contributed by atoms with E-state index in [-0.39, 0.29) is 29.6 Å². The van der Waals surface area contributed by atoms with Crippen LogP contribution in [0.3, 0.4) is 0 Å². The highest BCUT2D eigenvalue weighted by atomic mass is 19.1. The fourth-order valence-corrected chi connectivity index (χ4v) is 3.78. The van der Waals surface area contributed by atoms with Gasteiger partial charge in [-0.05, 0) is 36.2 Å². The van der Waals surface area contributed by atoms with E-state index >= 15 is 0 Å². The van der Waals surface area contributed by atoms with Crippen molar-refractivity contribution in [3.63, 3.8) is 0 Å². The molecular weight excluding hydrogens is 433 g/mol. The molecule has 0 bridgehead atoms. The number of fused-ring (bicyclic) bond motifs is 1. The summed E-state index contributed by atoms with van der Waals surface area (Å²) >= 11 is 0. The molecule has 11 heteroatoms. The minimum atomic E-state index is -1.16. The number of nitrogens with one attached hydrogen (secondary N) is 1. The second-order valence-electron chi connectivity index (χ2n) is 7.70. The summed E-state index contributed by atoms with van der Waals surface area (Å²) in [6.45, 7) is 3.89. The first kappa shape index (κ1) is 22.2. The molecule has 10 nitrogen and oxygen atoms in total. The minimum Gasteiger partial charge on any atom is -0.476 e. The van der Waals surface area contributed by atoms with Crippen molar-refractivity contribution >= 4 is 29.3 Å². The number of aromatic nitrogens is 3. The Bertz CT molecular complexity index is 1260. The van der Waals surface area contributed by atoms with Gasteiger partial charge in [0.25, 0.3) is 0 Å². The number of hydrogen-bond donors (Lipinski definition) is 2. The van der Waals surface area contributed by atoms with Crippen LogP contribution in [0.25, 0.3) is 16.9 Å². The Morgan fingerprint density at radius 2 is 2.09 bits per heavy atom. The summed E-state index contributed by atoms with van der Waals surface area (Å²) in [4.78, 5) is 40.8. The Morgan fingerprint density at radius 3 is 2.76 bits per heavy atom. The van der Waals surface area contributed by atoms with Crippen LogP contribution in [0.15, 0.2) is 30.5 Å². The number of nitrogens with zero attached hydrogens (tertiary/aromatic N) is 4. The molecule has 0 radical (unpaired) electrons. The van der Waals surface area contributed by atoms with Crippen molar-refractivity contribution in [1.82, 2.24) is 19.5 Å². The van der Waals surface area contributed by atoms with Gasteiger partial charge in [0.1, 0.15) is 11.9 Å². The van der Waals surface area contributed by atoms with Crippen LogP contribution in [0.1, 0.15) is 36.3 Å². The number of halogens is 1. The van der Waals surface area contributed by atoms with Crippen LogP contribution in [0.4, 0.5) is 14.9 Å². The number of amides is 2. The van der Waals surface area contributed by atoms with Crippen LogP contribution >= 0.6 is 0 Å². The van der Waals surface area contributed by atoms with Crippen molar-refractivity contribution < 1.29 is 28.6 Å². The zero-order chi connectivity index (χ0) is 23.7. The molecule has 1 saturated heterocycles. The number of esters is 1. The smallest absolute Gasteiger partial charge is 0.356 e. The van der Waals surface area contributed by atoms with Gasteiger partial charge in [0.2, 0.25) is 0 Å². The van der Waals surface area contributed by atoms with Gasteiger partial charge >= 0.3 is 18.0 Å². The van der Waals surface area contributed by atoms with Gasteiger partial charge in [0.15, 0.2) is 11.3 Å². The van der Waals surface area contributed by atoms with E-state index in [1.165, 1.54) is 40.7 Å². The number of urea groups is 1. The zero-order valence-electron chi connectivity index (χ0n) is 18.0. The maximum atomic E-state index is 14.9. The number of aryl methyl sites for hydroxylation is 1. The third-order valence-corrected chi connectivity index (χ3v) is 5.36. The standard InChI is InChI=1S/C22H22FN5O5/c1-3-13-8-18(21(30)31)26-28-11-19(25-20(13)28)16-5-4-14(9-17(16)23)24-22(32)27-7-6-15(10-27)33-12(2)29/h4-5,8-9,11,15H,3,6-7,10H2,1-2H3,(H,24,32)(H,30,31). The van der Waals surface area contributed by atoms with E-state index in [1.54, 1.807) is 6.07 Å². The molecule has 1 fully saturated rings. The highest BCUT2D eigenvalue weighted by molar-refractivity contribution is 5.90. The number of carbonyl (C=O) groups excluding carboxylic acids is 2. The minimum absolute atomic E-state index is 0.125. The first-order valence-electron chi connectivity index (χ1n) is 10.4. The highest BCUT2D eigenvalue weighted by Crippen LogP contribution is 2.26. The van der Waals surface area contributed by atoms with Gasteiger partial charge in [0, 0.05) is 31.1 Å². The van der Waals surface area contributed by atoms with E-state index in [2.05, 4.69) is 15.4 Å². The van der Waals surface area contributed by atoms with Crippen molar-refractivity contribution in [2.24, 2.45) is 0 Å². The van der Waals surface area contributed by atoms with Crippen LogP contribution in [0.5, 0.6) is 0 Å². The molecule has 2 aromatic heterocycles. The fourth-order valence-electron chi connectivity index (χ4n) is 3.78. The molecule has 0 saturated carbocycles. The molecule has 1 unspecified atom stereocenters. The molecule has 3 heterocycles. The summed E-state index contributed by atoms with van der Waals surface area (Å²) in [7, 11) is 0. The number of rotatable bonds is 5. The first-order chi connectivity index (χ1) is 15.7. The van der Waals surface area contributed by atoms with Crippen molar-refractivity contribution in [3.8, 4) is 11.3 Å². The van der Waals surface area contributed by atoms with E-state index in [1.807, 2.05) is 6.92 Å². The van der Waals surface area contributed by atoms with E-state index in [4.69, 9.17) is 4.74 Å². The lowest BCUT2D eigenvalue weighted by molar-refractivity contribution is -0.145. The first-order valence-corrected chi connectivity index (χ1v) is 10.4. The Kier molecular flexibility index (Phi) is 5.95. The third-order valence-electron chi connectivity index (χ3n) is 5.36. The summed E-state index contributed by atoms with van der Waals surface area (Å²) in [6, 6.07) is 5.27. The Morgan fingerprint density at radius 1 is 1.30 bits per heavy atom. The molecular formula is C22H22FN5O5. The van der Waals surface area contributed by atoms with Crippen LogP contribution in [0, 0.1) is 5.82 Å². The number of carbonyl (C=O) groups is 3. The number of ether oxygens (including phenoxy) is 1. The number of aromatic carboxylic acids is 1. The number of hydrogen-bond acceptors (Lipinski definition) is 6. The Balaban J connectivity index is 1.53. The number of likely N-dealkylation sites (tertiary alicyclic amines) is 1. The van der Waals surface area contributed by atoms with Crippen LogP contribution in [-0.4, -0.2) is 61.8 Å². The van der Waals surface area contributed by atoms with E-state index < -0.39 is 23.8 Å². The van der Waals surface area contributed by atoms with E-state index in [0.717, 1.165) is 0 Å². The molecule has 1 aromatic carbocycles. The van der Waals surface area contributed by atoms with Crippen LogP contribution < -0.4 is 5.32 Å². The van der Waals surface area contributed by atoms with Crippen molar-refractivity contribution in [1.29, 1.82) is 0 Å². The number of carboxylic acids is 1. The lowest BCUT2D eigenvalue weighted by Crippen LogP contribution is -2.34. The van der Waals surface area contributed by atoms with Crippen LogP contribution in [-0.2, 0) is 16.0 Å². The monoisotopic (exact) mass is 455 g/mol. The highest BCUT2D eigenvalue weighted by Gasteiger charge is 2.28. The van der Waals surface area contributed by atoms with E-state index in [9.17, 15) is 23.9 Å². The van der Waals surface area contributed by atoms with Crippen LogP contribution in [0.2, 0.25) is 0 Å². The van der Waals surface area contributed by atoms with Gasteiger partial charge in [-0.15, -0.1) is 0 Å². The summed E-state index contributed by atoms with van der Waals surface area (Å²) in [5.74, 6) is -2.16. The molecule has 33 heavy (non-hydrogen) atoms. The average Bonchev–Trinajstić information content (AvgIpc) is 3.39. The van der Waals surface area contributed by atoms with Gasteiger partial charge in [-0.1, -0.05) is 6.92 Å². The Labute approximate surface area is 188 Å². The van der Waals surface area contributed by atoms with Gasteiger partial charge in [0.05, 0.1) is 18.4 Å². The van der Waals surface area contributed by atoms with Gasteiger partial charge < -0.3 is 20.1 Å². The molecule has 172 valence electrons. The normalized spacial score (nSPS) is 15.6. The number of carboxylic acid groups (broad SMARTS) is 1. The molecule has 1 aliphatic heterocycles. The van der Waals surface area contributed by atoms with Gasteiger partial charge in [-0.2, -0.15) is 5.10 Å². The predicted molar refractivity (Wildman–Crippen MR) is 115 cm³/mol. The molecule has 4 rings (SSSR count). The molecule has 1 aliphatic rings. The molecule has 3 aromatic rings. The fraction of sp³-hybridized carbons (Fsp3) is 0.318. The molecule has 2 N–H and O–H groups in total. The maximum Gasteiger partial charge on any atom is 0.356 e. The van der Waals surface area contributed by atoms with Gasteiger partial charge in [-0.25, -0.2) is 23.5 Å². The molecule has 0 aliphatic carbocycles. The maximum absolute atomic E-state index is 14.9. The number of anilines is 1. The van der Waals surface area contributed by atoms with Gasteiger partial charge in [-0.3, -0.25) is 4.79 Å². The number of benzene rings is 1. The topological polar surface area (TPSA) is 126 Å². The average molecular weight is 455 g/mol. The second kappa shape index (κ2) is 8.85. The van der Waals surface area contributed by atoms with E-state index in [0.29, 0.717) is 36.3 Å². The molecule has 0 spiro atoms. The zero-order valence-corrected chi connectivity index (χ0v) is 18.0. The summed E-state index contributed by atoms with van der Waals surface area (Å²) in [5.41, 5.74) is 1.75. The predicted octanol–water partition coefficient (Wildman–Crippen LogP) is 2.97. The molecule has 2 amide bonds. The summed E-state index contributed by atoms with van der Waals surface area (Å²) < 4.78 is 21.4. The van der Waals surface area contributed by atoms with Crippen molar-refractivity contribution in [2.45, 2.75) is 32.8 Å². The van der Waals surface area contributed by atoms with Crippen molar-refractivity contribution in [3.05, 3.63) is 47.5 Å². The lowest BCUT2D eigenvalue weighted by Gasteiger charge is -2.17. The molecule has 1 atom stereocenters. The largest absolute Gasteiger partial charge is 0.476 e. The SMILES string of the molecule is CCc1cc(C(=O)O)nn2cc(-c3ccc(NC(=O)N4CCC(OC(C)=O)C4)cc3F)nc12. The summed E-state index contributed by atoms with van der Waals surface area (Å²) in [5, 5.41) is 15.9.